The van der Waals surface area contributed by atoms with Crippen LogP contribution in [0, 0.1) is 5.92 Å². The molecule has 2 rings (SSSR count). The number of halogens is 1. The first kappa shape index (κ1) is 19.8. The highest BCUT2D eigenvalue weighted by Gasteiger charge is 2.10. The topological polar surface area (TPSA) is 71.1 Å². The van der Waals surface area contributed by atoms with Crippen LogP contribution in [-0.2, 0) is 16.0 Å². The molecule has 0 aliphatic rings. The molecule has 134 valence electrons. The van der Waals surface area contributed by atoms with E-state index in [0.29, 0.717) is 23.2 Å². The second-order valence-corrected chi connectivity index (χ2v) is 8.34. The van der Waals surface area contributed by atoms with Crippen LogP contribution in [0.25, 0.3) is 0 Å². The van der Waals surface area contributed by atoms with E-state index in [2.05, 4.69) is 15.6 Å². The second kappa shape index (κ2) is 9.79. The van der Waals surface area contributed by atoms with Crippen LogP contribution >= 0.6 is 34.7 Å². The average molecular weight is 398 g/mol. The maximum Gasteiger partial charge on any atom is 0.234 e. The van der Waals surface area contributed by atoms with Crippen LogP contribution in [-0.4, -0.2) is 29.1 Å². The van der Waals surface area contributed by atoms with Gasteiger partial charge in [-0.15, -0.1) is 11.3 Å². The van der Waals surface area contributed by atoms with Crippen LogP contribution in [0.5, 0.6) is 0 Å². The minimum atomic E-state index is -0.112. The van der Waals surface area contributed by atoms with Crippen LogP contribution in [0.4, 0.5) is 5.69 Å². The quantitative estimate of drug-likeness (QED) is 0.664. The fourth-order valence-corrected chi connectivity index (χ4v) is 3.61. The molecule has 2 amide bonds. The first-order valence-corrected chi connectivity index (χ1v) is 10.1. The van der Waals surface area contributed by atoms with E-state index in [-0.39, 0.29) is 24.0 Å². The number of hydrogen-bond donors (Lipinski definition) is 2. The van der Waals surface area contributed by atoms with E-state index < -0.39 is 0 Å². The van der Waals surface area contributed by atoms with Crippen LogP contribution in [0.1, 0.15) is 19.5 Å². The smallest absolute Gasteiger partial charge is 0.234 e. The van der Waals surface area contributed by atoms with E-state index in [1.54, 1.807) is 24.3 Å². The molecule has 0 saturated carbocycles. The van der Waals surface area contributed by atoms with Crippen molar-refractivity contribution in [1.82, 2.24) is 10.3 Å². The van der Waals surface area contributed by atoms with Gasteiger partial charge in [0.15, 0.2) is 4.34 Å². The summed E-state index contributed by atoms with van der Waals surface area (Å²) in [5.74, 6) is 0.536. The number of nitrogens with one attached hydrogen (secondary N) is 2. The maximum atomic E-state index is 12.0. The van der Waals surface area contributed by atoms with E-state index >= 15 is 0 Å². The predicted molar refractivity (Wildman–Crippen MR) is 104 cm³/mol. The van der Waals surface area contributed by atoms with Gasteiger partial charge in [-0.2, -0.15) is 0 Å². The summed E-state index contributed by atoms with van der Waals surface area (Å²) in [4.78, 5) is 28.1. The standard InChI is InChI=1S/C17H20ClN3O2S2/c1-11(2)8-19-15(22)7-14-9-24-17(21-14)25-10-16(23)20-13-5-3-12(18)4-6-13/h3-6,9,11H,7-8,10H2,1-2H3,(H,19,22)(H,20,23). The summed E-state index contributed by atoms with van der Waals surface area (Å²) in [6.07, 6.45) is 0.265. The number of thioether (sulfide) groups is 1. The Balaban J connectivity index is 1.76. The van der Waals surface area contributed by atoms with Crippen molar-refractivity contribution in [3.63, 3.8) is 0 Å². The van der Waals surface area contributed by atoms with Gasteiger partial charge in [-0.1, -0.05) is 37.2 Å². The Morgan fingerprint density at radius 3 is 2.64 bits per heavy atom. The first-order chi connectivity index (χ1) is 11.9. The molecule has 1 aromatic carbocycles. The molecule has 5 nitrogen and oxygen atoms in total. The molecule has 0 radical (unpaired) electrons. The highest BCUT2D eigenvalue weighted by Crippen LogP contribution is 2.23. The number of nitrogens with zero attached hydrogens (tertiary/aromatic N) is 1. The maximum absolute atomic E-state index is 12.0. The third kappa shape index (κ3) is 7.46. The number of anilines is 1. The average Bonchev–Trinajstić information content (AvgIpc) is 3.00. The van der Waals surface area contributed by atoms with Gasteiger partial charge >= 0.3 is 0 Å². The number of thiazole rings is 1. The Hall–Kier alpha value is -1.57. The van der Waals surface area contributed by atoms with Gasteiger partial charge in [-0.3, -0.25) is 9.59 Å². The van der Waals surface area contributed by atoms with E-state index in [1.807, 2.05) is 19.2 Å². The second-order valence-electron chi connectivity index (χ2n) is 5.82. The van der Waals surface area contributed by atoms with Crippen molar-refractivity contribution < 1.29 is 9.59 Å². The lowest BCUT2D eigenvalue weighted by Crippen LogP contribution is -2.28. The Labute approximate surface area is 160 Å². The van der Waals surface area contributed by atoms with Crippen molar-refractivity contribution in [3.05, 3.63) is 40.4 Å². The van der Waals surface area contributed by atoms with E-state index in [1.165, 1.54) is 23.1 Å². The van der Waals surface area contributed by atoms with Gasteiger partial charge in [0.2, 0.25) is 11.8 Å². The monoisotopic (exact) mass is 397 g/mol. The van der Waals surface area contributed by atoms with E-state index in [9.17, 15) is 9.59 Å². The number of benzene rings is 1. The highest BCUT2D eigenvalue weighted by atomic mass is 35.5. The summed E-state index contributed by atoms with van der Waals surface area (Å²) >= 11 is 8.61. The number of amides is 2. The molecular weight excluding hydrogens is 378 g/mol. The molecule has 0 spiro atoms. The molecule has 0 aliphatic heterocycles. The third-order valence-corrected chi connectivity index (χ3v) is 5.36. The summed E-state index contributed by atoms with van der Waals surface area (Å²) in [6, 6.07) is 6.95. The lowest BCUT2D eigenvalue weighted by Gasteiger charge is -2.06. The van der Waals surface area contributed by atoms with Crippen molar-refractivity contribution >= 4 is 52.2 Å². The Morgan fingerprint density at radius 1 is 1.24 bits per heavy atom. The summed E-state index contributed by atoms with van der Waals surface area (Å²) in [6.45, 7) is 4.76. The molecule has 2 N–H and O–H groups in total. The van der Waals surface area contributed by atoms with Crippen molar-refractivity contribution in [2.45, 2.75) is 24.6 Å². The zero-order valence-electron chi connectivity index (χ0n) is 14.0. The van der Waals surface area contributed by atoms with Crippen LogP contribution < -0.4 is 10.6 Å². The fraction of sp³-hybridized carbons (Fsp3) is 0.353. The van der Waals surface area contributed by atoms with Gasteiger partial charge in [-0.25, -0.2) is 4.98 Å². The minimum Gasteiger partial charge on any atom is -0.356 e. The van der Waals surface area contributed by atoms with Gasteiger partial charge in [0.1, 0.15) is 0 Å². The lowest BCUT2D eigenvalue weighted by atomic mass is 10.2. The van der Waals surface area contributed by atoms with E-state index in [4.69, 9.17) is 11.6 Å². The number of hydrogen-bond acceptors (Lipinski definition) is 5. The molecule has 8 heteroatoms. The zero-order valence-corrected chi connectivity index (χ0v) is 16.4. The van der Waals surface area contributed by atoms with Crippen molar-refractivity contribution in [2.24, 2.45) is 5.92 Å². The molecule has 2 aromatic rings. The molecule has 0 unspecified atom stereocenters. The molecule has 0 aliphatic carbocycles. The largest absolute Gasteiger partial charge is 0.356 e. The van der Waals surface area contributed by atoms with Gasteiger partial charge in [0.25, 0.3) is 0 Å². The van der Waals surface area contributed by atoms with Gasteiger partial charge in [0, 0.05) is 22.6 Å². The molecular formula is C17H20ClN3O2S2. The fourth-order valence-electron chi connectivity index (χ4n) is 1.84. The number of carbonyl (C=O) groups excluding carboxylic acids is 2. The highest BCUT2D eigenvalue weighted by molar-refractivity contribution is 8.01. The zero-order chi connectivity index (χ0) is 18.2. The molecule has 0 saturated heterocycles. The van der Waals surface area contributed by atoms with Crippen molar-refractivity contribution in [1.29, 1.82) is 0 Å². The van der Waals surface area contributed by atoms with Gasteiger partial charge in [0.05, 0.1) is 17.9 Å². The summed E-state index contributed by atoms with van der Waals surface area (Å²) in [5, 5.41) is 8.15. The summed E-state index contributed by atoms with van der Waals surface area (Å²) in [7, 11) is 0. The van der Waals surface area contributed by atoms with Crippen LogP contribution in [0.2, 0.25) is 5.02 Å². The van der Waals surface area contributed by atoms with Gasteiger partial charge in [-0.05, 0) is 30.2 Å². The van der Waals surface area contributed by atoms with Crippen molar-refractivity contribution in [2.75, 3.05) is 17.6 Å². The number of carbonyl (C=O) groups is 2. The van der Waals surface area contributed by atoms with Crippen LogP contribution in [0.15, 0.2) is 34.0 Å². The van der Waals surface area contributed by atoms with Gasteiger partial charge < -0.3 is 10.6 Å². The van der Waals surface area contributed by atoms with E-state index in [0.717, 1.165) is 10.0 Å². The SMILES string of the molecule is CC(C)CNC(=O)Cc1csc(SCC(=O)Nc2ccc(Cl)cc2)n1. The van der Waals surface area contributed by atoms with Crippen LogP contribution in [0.3, 0.4) is 0 Å². The first-order valence-electron chi connectivity index (χ1n) is 7.81. The molecule has 1 heterocycles. The molecule has 25 heavy (non-hydrogen) atoms. The molecule has 1 aromatic heterocycles. The lowest BCUT2D eigenvalue weighted by molar-refractivity contribution is -0.120. The Kier molecular flexibility index (Phi) is 7.74. The van der Waals surface area contributed by atoms with Crippen molar-refractivity contribution in [3.8, 4) is 0 Å². The molecule has 0 fully saturated rings. The summed E-state index contributed by atoms with van der Waals surface area (Å²) in [5.41, 5.74) is 1.43. The third-order valence-electron chi connectivity index (χ3n) is 3.03. The number of rotatable bonds is 8. The normalized spacial score (nSPS) is 10.7. The predicted octanol–water partition coefficient (Wildman–Crippen LogP) is 3.84. The number of aromatic nitrogens is 1. The molecule has 0 atom stereocenters. The Bertz CT molecular complexity index is 717. The Morgan fingerprint density at radius 2 is 1.96 bits per heavy atom. The molecule has 0 bridgehead atoms. The minimum absolute atomic E-state index is 0.0315. The summed E-state index contributed by atoms with van der Waals surface area (Å²) < 4.78 is 0.776.